The molecule has 0 aliphatic heterocycles. The van der Waals surface area contributed by atoms with Crippen LogP contribution in [0, 0.1) is 0 Å². The smallest absolute Gasteiger partial charge is 0.235 e. The zero-order valence-electron chi connectivity index (χ0n) is 7.52. The molecule has 84 valence electrons. The van der Waals surface area contributed by atoms with Crippen LogP contribution in [0.5, 0.6) is 0 Å². The number of rotatable bonds is 0. The Morgan fingerprint density at radius 3 is 2.38 bits per heavy atom. The molecule has 0 amide bonds. The summed E-state index contributed by atoms with van der Waals surface area (Å²) in [6, 6.07) is 2.00. The number of alkyl halides is 3. The van der Waals surface area contributed by atoms with Crippen molar-refractivity contribution in [2.75, 3.05) is 0 Å². The van der Waals surface area contributed by atoms with Gasteiger partial charge in [0.1, 0.15) is 11.5 Å². The maximum Gasteiger partial charge on any atom is 0.417 e. The summed E-state index contributed by atoms with van der Waals surface area (Å²) < 4.78 is 38.0. The molecule has 7 heteroatoms. The van der Waals surface area contributed by atoms with Crippen molar-refractivity contribution >= 4 is 34.1 Å². The monoisotopic (exact) mass is 266 g/mol. The molecule has 0 saturated heterocycles. The predicted octanol–water partition coefficient (Wildman–Crippen LogP) is 3.96. The minimum absolute atomic E-state index is 0.00325. The lowest BCUT2D eigenvalue weighted by Crippen LogP contribution is -2.06. The largest absolute Gasteiger partial charge is 0.417 e. The highest BCUT2D eigenvalue weighted by molar-refractivity contribution is 6.38. The summed E-state index contributed by atoms with van der Waals surface area (Å²) in [7, 11) is 0. The highest BCUT2D eigenvalue weighted by Crippen LogP contribution is 2.38. The SMILES string of the molecule is FC(F)(F)c1ccc(Cl)c2ncnc(Cl)c12. The maximum absolute atomic E-state index is 12.7. The van der Waals surface area contributed by atoms with E-state index in [0.717, 1.165) is 18.5 Å². The van der Waals surface area contributed by atoms with Crippen LogP contribution in [-0.4, -0.2) is 9.97 Å². The van der Waals surface area contributed by atoms with Crippen LogP contribution in [-0.2, 0) is 6.18 Å². The Bertz CT molecular complexity index is 554. The molecule has 0 radical (unpaired) electrons. The van der Waals surface area contributed by atoms with Gasteiger partial charge in [0.15, 0.2) is 0 Å². The van der Waals surface area contributed by atoms with Crippen LogP contribution in [0.2, 0.25) is 10.2 Å². The normalized spacial score (nSPS) is 12.1. The minimum Gasteiger partial charge on any atom is -0.235 e. The molecule has 2 aromatic rings. The van der Waals surface area contributed by atoms with Crippen molar-refractivity contribution in [1.29, 1.82) is 0 Å². The van der Waals surface area contributed by atoms with E-state index >= 15 is 0 Å². The lowest BCUT2D eigenvalue weighted by Gasteiger charge is -2.11. The van der Waals surface area contributed by atoms with Crippen molar-refractivity contribution in [3.8, 4) is 0 Å². The highest BCUT2D eigenvalue weighted by Gasteiger charge is 2.34. The minimum atomic E-state index is -4.52. The zero-order chi connectivity index (χ0) is 11.9. The summed E-state index contributed by atoms with van der Waals surface area (Å²) in [5.41, 5.74) is -0.894. The molecule has 0 unspecified atom stereocenters. The molecular formula is C9H3Cl2F3N2. The first-order chi connectivity index (χ1) is 7.41. The van der Waals surface area contributed by atoms with E-state index in [4.69, 9.17) is 23.2 Å². The van der Waals surface area contributed by atoms with Crippen LogP contribution in [0.1, 0.15) is 5.56 Å². The van der Waals surface area contributed by atoms with Gasteiger partial charge in [0.25, 0.3) is 0 Å². The van der Waals surface area contributed by atoms with E-state index in [-0.39, 0.29) is 21.1 Å². The number of hydrogen-bond donors (Lipinski definition) is 0. The van der Waals surface area contributed by atoms with Crippen LogP contribution in [0.4, 0.5) is 13.2 Å². The van der Waals surface area contributed by atoms with Crippen LogP contribution in [0.15, 0.2) is 18.5 Å². The van der Waals surface area contributed by atoms with E-state index in [9.17, 15) is 13.2 Å². The first kappa shape index (κ1) is 11.4. The molecule has 16 heavy (non-hydrogen) atoms. The first-order valence-electron chi connectivity index (χ1n) is 4.07. The third-order valence-electron chi connectivity index (χ3n) is 2.00. The quantitative estimate of drug-likeness (QED) is 0.675. The van der Waals surface area contributed by atoms with Crippen LogP contribution >= 0.6 is 23.2 Å². The number of nitrogens with zero attached hydrogens (tertiary/aromatic N) is 2. The molecule has 0 spiro atoms. The van der Waals surface area contributed by atoms with E-state index in [1.54, 1.807) is 0 Å². The lowest BCUT2D eigenvalue weighted by atomic mass is 10.1. The van der Waals surface area contributed by atoms with Crippen molar-refractivity contribution in [3.63, 3.8) is 0 Å². The summed E-state index contributed by atoms with van der Waals surface area (Å²) >= 11 is 11.4. The molecule has 0 aliphatic rings. The standard InChI is InChI=1S/C9H3Cl2F3N2/c10-5-2-1-4(9(12,13)14)6-7(5)15-3-16-8(6)11/h1-3H. The fourth-order valence-corrected chi connectivity index (χ4v) is 1.78. The van der Waals surface area contributed by atoms with Gasteiger partial charge in [-0.05, 0) is 12.1 Å². The molecule has 0 fully saturated rings. The summed E-state index contributed by atoms with van der Waals surface area (Å²) in [6.07, 6.45) is -3.45. The van der Waals surface area contributed by atoms with E-state index < -0.39 is 11.7 Å². The van der Waals surface area contributed by atoms with Gasteiger partial charge in [-0.15, -0.1) is 0 Å². The molecule has 0 bridgehead atoms. The molecule has 1 heterocycles. The Hall–Kier alpha value is -1.07. The van der Waals surface area contributed by atoms with Crippen molar-refractivity contribution in [3.05, 3.63) is 34.2 Å². The fraction of sp³-hybridized carbons (Fsp3) is 0.111. The lowest BCUT2D eigenvalue weighted by molar-refractivity contribution is -0.136. The average molecular weight is 267 g/mol. The number of hydrogen-bond acceptors (Lipinski definition) is 2. The number of aromatic nitrogens is 2. The van der Waals surface area contributed by atoms with Gasteiger partial charge in [0.05, 0.1) is 21.5 Å². The Labute approximate surface area is 98.0 Å². The predicted molar refractivity (Wildman–Crippen MR) is 54.6 cm³/mol. The highest BCUT2D eigenvalue weighted by atomic mass is 35.5. The van der Waals surface area contributed by atoms with Crippen LogP contribution < -0.4 is 0 Å². The van der Waals surface area contributed by atoms with Crippen molar-refractivity contribution < 1.29 is 13.2 Å². The van der Waals surface area contributed by atoms with Gasteiger partial charge < -0.3 is 0 Å². The molecule has 0 saturated carbocycles. The van der Waals surface area contributed by atoms with Gasteiger partial charge in [0.2, 0.25) is 0 Å². The van der Waals surface area contributed by atoms with E-state index in [1.165, 1.54) is 0 Å². The second kappa shape index (κ2) is 3.75. The Balaban J connectivity index is 2.92. The summed E-state index contributed by atoms with van der Waals surface area (Å²) in [6.45, 7) is 0. The van der Waals surface area contributed by atoms with Crippen LogP contribution in [0.3, 0.4) is 0 Å². The Morgan fingerprint density at radius 1 is 1.06 bits per heavy atom. The molecule has 1 aromatic carbocycles. The molecule has 0 aliphatic carbocycles. The first-order valence-corrected chi connectivity index (χ1v) is 4.83. The molecule has 1 aromatic heterocycles. The maximum atomic E-state index is 12.7. The second-order valence-electron chi connectivity index (χ2n) is 2.98. The van der Waals surface area contributed by atoms with Gasteiger partial charge in [-0.25, -0.2) is 9.97 Å². The summed E-state index contributed by atoms with van der Waals surface area (Å²) in [5, 5.41) is -0.434. The fourth-order valence-electron chi connectivity index (χ4n) is 1.34. The number of benzene rings is 1. The third-order valence-corrected chi connectivity index (χ3v) is 2.59. The van der Waals surface area contributed by atoms with Crippen molar-refractivity contribution in [2.45, 2.75) is 6.18 Å². The molecule has 0 atom stereocenters. The zero-order valence-corrected chi connectivity index (χ0v) is 9.03. The van der Waals surface area contributed by atoms with E-state index in [2.05, 4.69) is 9.97 Å². The van der Waals surface area contributed by atoms with Crippen molar-refractivity contribution in [2.24, 2.45) is 0 Å². The Morgan fingerprint density at radius 2 is 1.75 bits per heavy atom. The van der Waals surface area contributed by atoms with Gasteiger partial charge in [-0.3, -0.25) is 0 Å². The Kier molecular flexibility index (Phi) is 2.67. The summed E-state index contributed by atoms with van der Waals surface area (Å²) in [5.74, 6) is 0. The molecule has 2 nitrogen and oxygen atoms in total. The summed E-state index contributed by atoms with van der Waals surface area (Å²) in [4.78, 5) is 7.21. The van der Waals surface area contributed by atoms with Crippen LogP contribution in [0.25, 0.3) is 10.9 Å². The third kappa shape index (κ3) is 1.81. The average Bonchev–Trinajstić information content (AvgIpc) is 2.18. The van der Waals surface area contributed by atoms with Gasteiger partial charge in [-0.1, -0.05) is 23.2 Å². The molecule has 2 rings (SSSR count). The molecule has 0 N–H and O–H groups in total. The van der Waals surface area contributed by atoms with Gasteiger partial charge >= 0.3 is 6.18 Å². The van der Waals surface area contributed by atoms with Crippen molar-refractivity contribution in [1.82, 2.24) is 9.97 Å². The molecular weight excluding hydrogens is 264 g/mol. The van der Waals surface area contributed by atoms with Gasteiger partial charge in [0, 0.05) is 0 Å². The van der Waals surface area contributed by atoms with E-state index in [1.807, 2.05) is 0 Å². The topological polar surface area (TPSA) is 25.8 Å². The van der Waals surface area contributed by atoms with E-state index in [0.29, 0.717) is 0 Å². The second-order valence-corrected chi connectivity index (χ2v) is 3.75. The number of halogens is 5. The number of fused-ring (bicyclic) bond motifs is 1. The van der Waals surface area contributed by atoms with Gasteiger partial charge in [-0.2, -0.15) is 13.2 Å².